The van der Waals surface area contributed by atoms with Gasteiger partial charge in [-0.05, 0) is 43.0 Å². The Morgan fingerprint density at radius 2 is 1.85 bits per heavy atom. The van der Waals surface area contributed by atoms with Crippen LogP contribution in [-0.2, 0) is 6.42 Å². The number of aryl methyl sites for hydroxylation is 1. The first kappa shape index (κ1) is 20.3. The maximum absolute atomic E-state index is 14.2. The average Bonchev–Trinajstić information content (AvgIpc) is 2.67. The normalized spacial score (nSPS) is 12.2. The molecular weight excluding hydrogens is 334 g/mol. The third-order valence-corrected chi connectivity index (χ3v) is 4.35. The van der Waals surface area contributed by atoms with Gasteiger partial charge in [0.2, 0.25) is 0 Å². The number of benzene rings is 1. The number of hydrogen-bond acceptors (Lipinski definition) is 3. The summed E-state index contributed by atoms with van der Waals surface area (Å²) < 4.78 is 32.7. The van der Waals surface area contributed by atoms with E-state index in [2.05, 4.69) is 16.9 Å². The molecule has 0 saturated carbocycles. The molecule has 0 fully saturated rings. The number of halogens is 2. The highest BCUT2D eigenvalue weighted by Crippen LogP contribution is 2.24. The van der Waals surface area contributed by atoms with Crippen molar-refractivity contribution >= 4 is 0 Å². The summed E-state index contributed by atoms with van der Waals surface area (Å²) in [6.45, 7) is 4.13. The zero-order valence-electron chi connectivity index (χ0n) is 15.7. The summed E-state index contributed by atoms with van der Waals surface area (Å²) in [6, 6.07) is 4.63. The van der Waals surface area contributed by atoms with Gasteiger partial charge in [-0.3, -0.25) is 0 Å². The number of nitrogens with zero attached hydrogens (tertiary/aromatic N) is 2. The van der Waals surface area contributed by atoms with E-state index >= 15 is 0 Å². The number of rotatable bonds is 11. The van der Waals surface area contributed by atoms with Crippen molar-refractivity contribution in [2.24, 2.45) is 0 Å². The highest BCUT2D eigenvalue weighted by atomic mass is 19.1. The molecule has 3 nitrogen and oxygen atoms in total. The summed E-state index contributed by atoms with van der Waals surface area (Å²) >= 11 is 0. The van der Waals surface area contributed by atoms with Crippen molar-refractivity contribution in [3.8, 4) is 17.1 Å². The molecule has 0 N–H and O–H groups in total. The van der Waals surface area contributed by atoms with Crippen LogP contribution < -0.4 is 4.74 Å². The van der Waals surface area contributed by atoms with E-state index in [-0.39, 0.29) is 18.8 Å². The number of ether oxygens (including phenoxy) is 1. The Kier molecular flexibility index (Phi) is 8.45. The van der Waals surface area contributed by atoms with Gasteiger partial charge in [0.15, 0.2) is 17.4 Å². The van der Waals surface area contributed by atoms with Crippen molar-refractivity contribution in [2.75, 3.05) is 6.61 Å². The van der Waals surface area contributed by atoms with Gasteiger partial charge in [-0.15, -0.1) is 0 Å². The summed E-state index contributed by atoms with van der Waals surface area (Å²) in [6.07, 6.45) is 9.19. The van der Waals surface area contributed by atoms with Gasteiger partial charge < -0.3 is 4.74 Å². The molecule has 5 heteroatoms. The van der Waals surface area contributed by atoms with Crippen molar-refractivity contribution in [3.05, 3.63) is 42.0 Å². The second-order valence-electron chi connectivity index (χ2n) is 6.51. The standard InChI is InChI=1S/C21H28F2N2O/c1-3-5-6-7-8-16-14-24-21(25-15-16)17-9-10-20(19(23)13-17)26-12-11-18(22)4-2/h9-10,13-15,18H,3-8,11-12H2,1-2H3. The predicted octanol–water partition coefficient (Wildman–Crippen LogP) is 5.92. The molecule has 1 heterocycles. The van der Waals surface area contributed by atoms with Gasteiger partial charge >= 0.3 is 0 Å². The third kappa shape index (κ3) is 6.36. The Balaban J connectivity index is 1.93. The molecule has 1 aromatic heterocycles. The van der Waals surface area contributed by atoms with Gasteiger partial charge in [0.05, 0.1) is 6.61 Å². The summed E-state index contributed by atoms with van der Waals surface area (Å²) in [5.74, 6) is 0.133. The maximum Gasteiger partial charge on any atom is 0.165 e. The van der Waals surface area contributed by atoms with Crippen molar-refractivity contribution in [3.63, 3.8) is 0 Å². The van der Waals surface area contributed by atoms with E-state index in [9.17, 15) is 8.78 Å². The topological polar surface area (TPSA) is 35.0 Å². The van der Waals surface area contributed by atoms with Crippen LogP contribution in [0.2, 0.25) is 0 Å². The van der Waals surface area contributed by atoms with Crippen LogP contribution in [0.25, 0.3) is 11.4 Å². The monoisotopic (exact) mass is 362 g/mol. The fourth-order valence-corrected chi connectivity index (χ4v) is 2.65. The molecule has 0 aliphatic heterocycles. The number of aromatic nitrogens is 2. The fourth-order valence-electron chi connectivity index (χ4n) is 2.65. The molecule has 0 bridgehead atoms. The van der Waals surface area contributed by atoms with Crippen LogP contribution in [0.15, 0.2) is 30.6 Å². The van der Waals surface area contributed by atoms with Gasteiger partial charge in [-0.1, -0.05) is 33.1 Å². The minimum atomic E-state index is -0.911. The van der Waals surface area contributed by atoms with E-state index in [1.807, 2.05) is 12.4 Å². The Morgan fingerprint density at radius 3 is 2.50 bits per heavy atom. The largest absolute Gasteiger partial charge is 0.490 e. The van der Waals surface area contributed by atoms with Crippen LogP contribution in [0.1, 0.15) is 57.9 Å². The van der Waals surface area contributed by atoms with Crippen molar-refractivity contribution in [1.29, 1.82) is 0 Å². The van der Waals surface area contributed by atoms with E-state index in [0.29, 0.717) is 17.8 Å². The Labute approximate surface area is 154 Å². The van der Waals surface area contributed by atoms with E-state index in [4.69, 9.17) is 4.74 Å². The summed E-state index contributed by atoms with van der Waals surface area (Å²) in [5.41, 5.74) is 1.70. The molecule has 2 aromatic rings. The van der Waals surface area contributed by atoms with Crippen LogP contribution in [0.4, 0.5) is 8.78 Å². The maximum atomic E-state index is 14.2. The van der Waals surface area contributed by atoms with E-state index in [1.54, 1.807) is 19.1 Å². The molecule has 0 radical (unpaired) electrons. The van der Waals surface area contributed by atoms with Gasteiger partial charge in [-0.2, -0.15) is 0 Å². The van der Waals surface area contributed by atoms with Crippen LogP contribution in [0, 0.1) is 5.82 Å². The van der Waals surface area contributed by atoms with Crippen LogP contribution in [0.5, 0.6) is 5.75 Å². The third-order valence-electron chi connectivity index (χ3n) is 4.35. The molecule has 0 aliphatic rings. The summed E-state index contributed by atoms with van der Waals surface area (Å²) in [5, 5.41) is 0. The molecule has 1 unspecified atom stereocenters. The van der Waals surface area contributed by atoms with Crippen LogP contribution in [-0.4, -0.2) is 22.7 Å². The molecular formula is C21H28F2N2O. The minimum Gasteiger partial charge on any atom is -0.490 e. The lowest BCUT2D eigenvalue weighted by atomic mass is 10.1. The molecule has 26 heavy (non-hydrogen) atoms. The number of unbranched alkanes of at least 4 members (excludes halogenated alkanes) is 3. The average molecular weight is 362 g/mol. The minimum absolute atomic E-state index is 0.129. The van der Waals surface area contributed by atoms with Crippen LogP contribution in [0.3, 0.4) is 0 Å². The Hall–Kier alpha value is -2.04. The second kappa shape index (κ2) is 10.8. The Bertz CT molecular complexity index is 662. The molecule has 0 aliphatic carbocycles. The predicted molar refractivity (Wildman–Crippen MR) is 101 cm³/mol. The smallest absolute Gasteiger partial charge is 0.165 e. The Morgan fingerprint density at radius 1 is 1.08 bits per heavy atom. The van der Waals surface area contributed by atoms with E-state index in [1.165, 1.54) is 25.3 Å². The molecule has 0 amide bonds. The molecule has 1 atom stereocenters. The zero-order chi connectivity index (χ0) is 18.8. The second-order valence-corrected chi connectivity index (χ2v) is 6.51. The molecule has 0 spiro atoms. The quantitative estimate of drug-likeness (QED) is 0.465. The molecule has 1 aromatic carbocycles. The number of hydrogen-bond donors (Lipinski definition) is 0. The highest BCUT2D eigenvalue weighted by Gasteiger charge is 2.10. The lowest BCUT2D eigenvalue weighted by Gasteiger charge is -2.10. The first-order valence-electron chi connectivity index (χ1n) is 9.51. The van der Waals surface area contributed by atoms with Gasteiger partial charge in [0.25, 0.3) is 0 Å². The van der Waals surface area contributed by atoms with Crippen molar-refractivity contribution in [2.45, 2.75) is 65.0 Å². The lowest BCUT2D eigenvalue weighted by molar-refractivity contribution is 0.225. The van der Waals surface area contributed by atoms with Gasteiger partial charge in [-0.25, -0.2) is 18.7 Å². The molecule has 142 valence electrons. The summed E-state index contributed by atoms with van der Waals surface area (Å²) in [4.78, 5) is 8.69. The highest BCUT2D eigenvalue weighted by molar-refractivity contribution is 5.56. The van der Waals surface area contributed by atoms with Gasteiger partial charge in [0.1, 0.15) is 6.17 Å². The molecule has 2 rings (SSSR count). The zero-order valence-corrected chi connectivity index (χ0v) is 15.7. The lowest BCUT2D eigenvalue weighted by Crippen LogP contribution is -2.07. The van der Waals surface area contributed by atoms with Crippen molar-refractivity contribution in [1.82, 2.24) is 9.97 Å². The first-order chi connectivity index (χ1) is 12.6. The summed E-state index contributed by atoms with van der Waals surface area (Å²) in [7, 11) is 0. The van der Waals surface area contributed by atoms with E-state index in [0.717, 1.165) is 18.4 Å². The van der Waals surface area contributed by atoms with Gasteiger partial charge in [0, 0.05) is 24.4 Å². The fraction of sp³-hybridized carbons (Fsp3) is 0.524. The van der Waals surface area contributed by atoms with Crippen LogP contribution >= 0.6 is 0 Å². The molecule has 0 saturated heterocycles. The SMILES string of the molecule is CCCCCCc1cnc(-c2ccc(OCCC(F)CC)c(F)c2)nc1. The first-order valence-corrected chi connectivity index (χ1v) is 9.51. The van der Waals surface area contributed by atoms with Crippen molar-refractivity contribution < 1.29 is 13.5 Å². The number of alkyl halides is 1. The van der Waals surface area contributed by atoms with E-state index < -0.39 is 12.0 Å².